The van der Waals surface area contributed by atoms with Crippen molar-refractivity contribution in [1.29, 1.82) is 0 Å². The van der Waals surface area contributed by atoms with E-state index in [1.165, 1.54) is 11.3 Å². The topological polar surface area (TPSA) is 72.2 Å². The average Bonchev–Trinajstić information content (AvgIpc) is 2.77. The van der Waals surface area contributed by atoms with Gasteiger partial charge in [-0.25, -0.2) is 8.42 Å². The van der Waals surface area contributed by atoms with Gasteiger partial charge in [0.05, 0.1) is 5.69 Å². The second-order valence-electron chi connectivity index (χ2n) is 4.39. The van der Waals surface area contributed by atoms with Gasteiger partial charge >= 0.3 is 0 Å². The summed E-state index contributed by atoms with van der Waals surface area (Å²) in [6.45, 7) is 4.07. The van der Waals surface area contributed by atoms with Crippen LogP contribution in [0.25, 0.3) is 0 Å². The van der Waals surface area contributed by atoms with Gasteiger partial charge in [-0.3, -0.25) is 4.72 Å². The fraction of sp³-hybridized carbons (Fsp3) is 0.231. The standard InChI is InChI=1S/C13H15BrN2O2S2/c1-8-6-13(19-12(8)7-15)20(17,18)16-11-5-3-4-10(14)9(11)2/h3-6,16H,7,15H2,1-2H3. The Morgan fingerprint density at radius 2 is 2.05 bits per heavy atom. The number of nitrogens with two attached hydrogens (primary N) is 1. The van der Waals surface area contributed by atoms with Gasteiger partial charge in [-0.05, 0) is 43.2 Å². The Balaban J connectivity index is 2.38. The van der Waals surface area contributed by atoms with Crippen molar-refractivity contribution < 1.29 is 8.42 Å². The molecule has 0 aliphatic heterocycles. The number of benzene rings is 1. The van der Waals surface area contributed by atoms with Crippen molar-refractivity contribution in [2.45, 2.75) is 24.6 Å². The molecule has 0 fully saturated rings. The molecule has 0 atom stereocenters. The third-order valence-corrected chi connectivity index (χ3v) is 6.92. The third-order valence-electron chi connectivity index (χ3n) is 2.96. The Bertz CT molecular complexity index is 739. The molecule has 4 nitrogen and oxygen atoms in total. The molecule has 0 spiro atoms. The van der Waals surface area contributed by atoms with Crippen LogP contribution in [0.2, 0.25) is 0 Å². The summed E-state index contributed by atoms with van der Waals surface area (Å²) in [6, 6.07) is 7.05. The number of sulfonamides is 1. The average molecular weight is 375 g/mol. The van der Waals surface area contributed by atoms with Gasteiger partial charge in [0.1, 0.15) is 4.21 Å². The minimum Gasteiger partial charge on any atom is -0.326 e. The van der Waals surface area contributed by atoms with Crippen molar-refractivity contribution in [3.05, 3.63) is 44.7 Å². The van der Waals surface area contributed by atoms with Crippen LogP contribution in [-0.2, 0) is 16.6 Å². The fourth-order valence-corrected chi connectivity index (χ4v) is 4.69. The lowest BCUT2D eigenvalue weighted by Gasteiger charge is -2.10. The number of hydrogen-bond acceptors (Lipinski definition) is 4. The van der Waals surface area contributed by atoms with Crippen molar-refractivity contribution in [3.8, 4) is 0 Å². The van der Waals surface area contributed by atoms with Crippen molar-refractivity contribution in [2.75, 3.05) is 4.72 Å². The number of halogens is 1. The normalized spacial score (nSPS) is 11.6. The molecule has 0 radical (unpaired) electrons. The summed E-state index contributed by atoms with van der Waals surface area (Å²) < 4.78 is 28.6. The minimum atomic E-state index is -3.57. The van der Waals surface area contributed by atoms with E-state index in [0.29, 0.717) is 12.2 Å². The molecule has 0 aliphatic carbocycles. The van der Waals surface area contributed by atoms with Crippen molar-refractivity contribution in [3.63, 3.8) is 0 Å². The van der Waals surface area contributed by atoms with Crippen LogP contribution < -0.4 is 10.5 Å². The molecule has 1 heterocycles. The highest BCUT2D eigenvalue weighted by Crippen LogP contribution is 2.29. The van der Waals surface area contributed by atoms with Crippen molar-refractivity contribution in [1.82, 2.24) is 0 Å². The lowest BCUT2D eigenvalue weighted by atomic mass is 10.2. The molecule has 3 N–H and O–H groups in total. The third kappa shape index (κ3) is 3.06. The van der Waals surface area contributed by atoms with Gasteiger partial charge in [-0.1, -0.05) is 22.0 Å². The molecule has 0 saturated heterocycles. The fourth-order valence-electron chi connectivity index (χ4n) is 1.74. The second kappa shape index (κ2) is 5.85. The van der Waals surface area contributed by atoms with Gasteiger partial charge in [-0.15, -0.1) is 11.3 Å². The molecule has 0 aliphatic rings. The first-order chi connectivity index (χ1) is 9.35. The Labute approximate surface area is 131 Å². The number of rotatable bonds is 4. The predicted molar refractivity (Wildman–Crippen MR) is 86.6 cm³/mol. The van der Waals surface area contributed by atoms with Gasteiger partial charge < -0.3 is 5.73 Å². The summed E-state index contributed by atoms with van der Waals surface area (Å²) in [6.07, 6.45) is 0. The quantitative estimate of drug-likeness (QED) is 0.861. The van der Waals surface area contributed by atoms with E-state index in [1.807, 2.05) is 19.9 Å². The molecule has 0 amide bonds. The van der Waals surface area contributed by atoms with Gasteiger partial charge in [-0.2, -0.15) is 0 Å². The number of thiophene rings is 1. The van der Waals surface area contributed by atoms with Crippen LogP contribution in [0, 0.1) is 13.8 Å². The minimum absolute atomic E-state index is 0.287. The van der Waals surface area contributed by atoms with Crippen LogP contribution in [0.15, 0.2) is 32.9 Å². The summed E-state index contributed by atoms with van der Waals surface area (Å²) in [5.41, 5.74) is 7.92. The van der Waals surface area contributed by atoms with Gasteiger partial charge in [0.15, 0.2) is 0 Å². The highest BCUT2D eigenvalue weighted by molar-refractivity contribution is 9.10. The zero-order chi connectivity index (χ0) is 14.9. The van der Waals surface area contributed by atoms with Crippen LogP contribution in [-0.4, -0.2) is 8.42 Å². The molecular weight excluding hydrogens is 360 g/mol. The Morgan fingerprint density at radius 3 is 2.65 bits per heavy atom. The first-order valence-corrected chi connectivity index (χ1v) is 9.01. The summed E-state index contributed by atoms with van der Waals surface area (Å²) in [5.74, 6) is 0. The van der Waals surface area contributed by atoms with Gasteiger partial charge in [0.25, 0.3) is 10.0 Å². The Kier molecular flexibility index (Phi) is 4.53. The van der Waals surface area contributed by atoms with E-state index in [1.54, 1.807) is 18.2 Å². The zero-order valence-corrected chi connectivity index (χ0v) is 14.3. The molecule has 2 aromatic rings. The lowest BCUT2D eigenvalue weighted by molar-refractivity contribution is 0.603. The van der Waals surface area contributed by atoms with Gasteiger partial charge in [0, 0.05) is 15.9 Å². The maximum Gasteiger partial charge on any atom is 0.271 e. The van der Waals surface area contributed by atoms with E-state index >= 15 is 0 Å². The van der Waals surface area contributed by atoms with E-state index in [2.05, 4.69) is 20.7 Å². The Morgan fingerprint density at radius 1 is 1.35 bits per heavy atom. The Hall–Kier alpha value is -0.890. The molecule has 20 heavy (non-hydrogen) atoms. The summed E-state index contributed by atoms with van der Waals surface area (Å²) in [4.78, 5) is 0.885. The summed E-state index contributed by atoms with van der Waals surface area (Å²) >= 11 is 4.60. The SMILES string of the molecule is Cc1cc(S(=O)(=O)Nc2cccc(Br)c2C)sc1CN. The lowest BCUT2D eigenvalue weighted by Crippen LogP contribution is -2.12. The number of aryl methyl sites for hydroxylation is 1. The smallest absolute Gasteiger partial charge is 0.271 e. The van der Waals surface area contributed by atoms with E-state index in [9.17, 15) is 8.42 Å². The first-order valence-electron chi connectivity index (χ1n) is 5.92. The summed E-state index contributed by atoms with van der Waals surface area (Å²) in [5, 5.41) is 0. The molecule has 0 saturated carbocycles. The van der Waals surface area contributed by atoms with Crippen LogP contribution >= 0.6 is 27.3 Å². The maximum atomic E-state index is 12.4. The second-order valence-corrected chi connectivity index (χ2v) is 8.29. The van der Waals surface area contributed by atoms with E-state index < -0.39 is 10.0 Å². The van der Waals surface area contributed by atoms with Crippen molar-refractivity contribution >= 4 is 43.0 Å². The van der Waals surface area contributed by atoms with Crippen LogP contribution in [0.5, 0.6) is 0 Å². The summed E-state index contributed by atoms with van der Waals surface area (Å²) in [7, 11) is -3.57. The van der Waals surface area contributed by atoms with E-state index in [4.69, 9.17) is 5.73 Å². The van der Waals surface area contributed by atoms with Crippen LogP contribution in [0.1, 0.15) is 16.0 Å². The molecule has 1 aromatic heterocycles. The number of anilines is 1. The number of hydrogen-bond donors (Lipinski definition) is 2. The largest absolute Gasteiger partial charge is 0.326 e. The highest BCUT2D eigenvalue weighted by Gasteiger charge is 2.19. The van der Waals surface area contributed by atoms with Crippen molar-refractivity contribution in [2.24, 2.45) is 5.73 Å². The molecule has 7 heteroatoms. The predicted octanol–water partition coefficient (Wildman–Crippen LogP) is 3.39. The maximum absolute atomic E-state index is 12.4. The number of nitrogens with one attached hydrogen (secondary N) is 1. The van der Waals surface area contributed by atoms with Crippen LogP contribution in [0.3, 0.4) is 0 Å². The molecule has 1 aromatic carbocycles. The zero-order valence-electron chi connectivity index (χ0n) is 11.1. The molecule has 2 rings (SSSR count). The molecule has 0 bridgehead atoms. The van der Waals surface area contributed by atoms with E-state index in [0.717, 1.165) is 20.5 Å². The van der Waals surface area contributed by atoms with Crippen LogP contribution in [0.4, 0.5) is 5.69 Å². The highest BCUT2D eigenvalue weighted by atomic mass is 79.9. The van der Waals surface area contributed by atoms with Gasteiger partial charge in [0.2, 0.25) is 0 Å². The molecular formula is C13H15BrN2O2S2. The monoisotopic (exact) mass is 374 g/mol. The molecule has 108 valence electrons. The van der Waals surface area contributed by atoms with E-state index in [-0.39, 0.29) is 4.21 Å². The molecule has 0 unspecified atom stereocenters. The first kappa shape index (κ1) is 15.5.